The number of anilines is 1. The Morgan fingerprint density at radius 2 is 1.19 bits per heavy atom. The number of sulfonamides is 1. The van der Waals surface area contributed by atoms with E-state index in [2.05, 4.69) is 49.6 Å². The Balaban J connectivity index is 1.21. The number of esters is 1. The average Bonchev–Trinajstić information content (AvgIpc) is 3.25. The highest BCUT2D eigenvalue weighted by Gasteiger charge is 2.17. The molecule has 354 valence electrons. The Kier molecular flexibility index (Phi) is 24.9. The van der Waals surface area contributed by atoms with Crippen LogP contribution in [-0.4, -0.2) is 125 Å². The van der Waals surface area contributed by atoms with E-state index in [1.54, 1.807) is 12.1 Å². The SMILES string of the molecule is CC(C)(C)OC(=O)CCCCCCCCCc1ccc(CCOc2ccc(S(=O)(=O)Nc3cnc(C(=O)NCCOCCOCC(=O)NCCOCCOCC(=O)O)nc3)cc2)cc1. The topological polar surface area (TPSA) is 240 Å². The number of carboxylic acid groups (broad SMARTS) is 1. The van der Waals surface area contributed by atoms with Gasteiger partial charge in [0, 0.05) is 25.9 Å². The molecule has 18 nitrogen and oxygen atoms in total. The first-order valence-electron chi connectivity index (χ1n) is 21.7. The Morgan fingerprint density at radius 1 is 0.641 bits per heavy atom. The van der Waals surface area contributed by atoms with Gasteiger partial charge in [0.2, 0.25) is 11.7 Å². The summed E-state index contributed by atoms with van der Waals surface area (Å²) in [5.74, 6) is -1.70. The molecule has 2 aromatic carbocycles. The molecule has 0 fully saturated rings. The van der Waals surface area contributed by atoms with E-state index < -0.39 is 34.1 Å². The lowest BCUT2D eigenvalue weighted by Gasteiger charge is -2.19. The number of nitrogens with zero attached hydrogens (tertiary/aromatic N) is 2. The summed E-state index contributed by atoms with van der Waals surface area (Å²) in [6.07, 6.45) is 12.4. The number of aliphatic carboxylic acids is 1. The number of hydrogen-bond donors (Lipinski definition) is 4. The molecule has 1 aromatic heterocycles. The lowest BCUT2D eigenvalue weighted by molar-refractivity contribution is -0.155. The maximum absolute atomic E-state index is 13.0. The van der Waals surface area contributed by atoms with Gasteiger partial charge in [0.05, 0.1) is 69.2 Å². The second-order valence-corrected chi connectivity index (χ2v) is 17.4. The number of carboxylic acids is 1. The van der Waals surface area contributed by atoms with E-state index in [-0.39, 0.29) is 87.6 Å². The number of amides is 2. The molecule has 0 unspecified atom stereocenters. The van der Waals surface area contributed by atoms with Crippen LogP contribution >= 0.6 is 0 Å². The van der Waals surface area contributed by atoms with Crippen LogP contribution in [0, 0.1) is 0 Å². The standard InChI is InChI=1S/C45H65N5O13S/c1-45(2,3)63-42(54)12-10-8-6-4-5-7-9-11-35-13-15-36(16-14-35)21-24-62-38-17-19-39(20-18-38)64(56,57)50-37-31-48-43(49-32-37)44(55)47-23-26-59-27-29-60-33-40(51)46-22-25-58-28-30-61-34-41(52)53/h13-20,31-32,50H,4-12,21-30,33-34H2,1-3H3,(H,46,51)(H,47,55)(H,52,53). The molecule has 0 radical (unpaired) electrons. The predicted octanol–water partition coefficient (Wildman–Crippen LogP) is 4.90. The van der Waals surface area contributed by atoms with E-state index in [0.29, 0.717) is 25.2 Å². The molecular weight excluding hydrogens is 851 g/mol. The van der Waals surface area contributed by atoms with Gasteiger partial charge >= 0.3 is 11.9 Å². The molecule has 19 heteroatoms. The molecule has 0 aliphatic rings. The number of hydrogen-bond acceptors (Lipinski definition) is 14. The summed E-state index contributed by atoms with van der Waals surface area (Å²) in [7, 11) is -3.97. The molecule has 4 N–H and O–H groups in total. The minimum absolute atomic E-state index is 0.0160. The summed E-state index contributed by atoms with van der Waals surface area (Å²) in [6, 6.07) is 14.6. The van der Waals surface area contributed by atoms with Crippen LogP contribution in [0.25, 0.3) is 0 Å². The molecule has 0 saturated heterocycles. The van der Waals surface area contributed by atoms with Gasteiger partial charge in [-0.05, 0) is 75.4 Å². The van der Waals surface area contributed by atoms with Crippen LogP contribution in [0.5, 0.6) is 5.75 Å². The third-order valence-corrected chi connectivity index (χ3v) is 10.4. The molecule has 0 bridgehead atoms. The highest BCUT2D eigenvalue weighted by molar-refractivity contribution is 7.92. The number of nitrogens with one attached hydrogen (secondary N) is 3. The Labute approximate surface area is 376 Å². The molecule has 1 heterocycles. The third-order valence-electron chi connectivity index (χ3n) is 8.99. The lowest BCUT2D eigenvalue weighted by atomic mass is 10.0. The number of ether oxygens (including phenoxy) is 6. The van der Waals surface area contributed by atoms with Crippen LogP contribution in [0.4, 0.5) is 5.69 Å². The zero-order valence-corrected chi connectivity index (χ0v) is 38.1. The maximum Gasteiger partial charge on any atom is 0.329 e. The van der Waals surface area contributed by atoms with Crippen molar-refractivity contribution in [2.45, 2.75) is 95.5 Å². The first-order valence-corrected chi connectivity index (χ1v) is 23.1. The monoisotopic (exact) mass is 915 g/mol. The Morgan fingerprint density at radius 3 is 1.80 bits per heavy atom. The van der Waals surface area contributed by atoms with Gasteiger partial charge in [0.1, 0.15) is 24.6 Å². The summed E-state index contributed by atoms with van der Waals surface area (Å²) in [4.78, 5) is 54.3. The second kappa shape index (κ2) is 30.0. The third kappa shape index (κ3) is 24.6. The van der Waals surface area contributed by atoms with Crippen molar-refractivity contribution in [1.82, 2.24) is 20.6 Å². The van der Waals surface area contributed by atoms with E-state index in [9.17, 15) is 27.6 Å². The van der Waals surface area contributed by atoms with Crippen molar-refractivity contribution in [3.05, 3.63) is 77.9 Å². The van der Waals surface area contributed by atoms with Crippen LogP contribution in [0.15, 0.2) is 65.8 Å². The van der Waals surface area contributed by atoms with Crippen LogP contribution in [0.1, 0.15) is 93.9 Å². The highest BCUT2D eigenvalue weighted by Crippen LogP contribution is 2.20. The summed E-state index contributed by atoms with van der Waals surface area (Å²) >= 11 is 0. The molecular formula is C45H65N5O13S. The number of carbonyl (C=O) groups is 4. The zero-order valence-electron chi connectivity index (χ0n) is 37.3. The van der Waals surface area contributed by atoms with E-state index in [1.807, 2.05) is 20.8 Å². The van der Waals surface area contributed by atoms with Gasteiger partial charge in [-0.2, -0.15) is 0 Å². The number of benzene rings is 2. The molecule has 3 aromatic rings. The molecule has 64 heavy (non-hydrogen) atoms. The van der Waals surface area contributed by atoms with Gasteiger partial charge in [-0.3, -0.25) is 19.1 Å². The van der Waals surface area contributed by atoms with Gasteiger partial charge in [-0.25, -0.2) is 23.2 Å². The molecule has 0 atom stereocenters. The number of aryl methyl sites for hydroxylation is 1. The van der Waals surface area contributed by atoms with Crippen molar-refractivity contribution in [2.75, 3.05) is 77.3 Å². The summed E-state index contributed by atoms with van der Waals surface area (Å²) in [5.41, 5.74) is 2.12. The van der Waals surface area contributed by atoms with Gasteiger partial charge in [-0.1, -0.05) is 56.4 Å². The zero-order chi connectivity index (χ0) is 46.5. The van der Waals surface area contributed by atoms with Crippen molar-refractivity contribution >= 4 is 39.5 Å². The maximum atomic E-state index is 13.0. The van der Waals surface area contributed by atoms with E-state index in [0.717, 1.165) is 37.7 Å². The molecule has 2 amide bonds. The number of rotatable bonds is 34. The normalized spacial score (nSPS) is 11.5. The fourth-order valence-corrected chi connectivity index (χ4v) is 6.88. The van der Waals surface area contributed by atoms with Crippen LogP contribution < -0.4 is 20.1 Å². The fraction of sp³-hybridized carbons (Fsp3) is 0.556. The fourth-order valence-electron chi connectivity index (χ4n) is 5.85. The Bertz CT molecular complexity index is 1930. The average molecular weight is 916 g/mol. The first-order chi connectivity index (χ1) is 30.7. The predicted molar refractivity (Wildman–Crippen MR) is 238 cm³/mol. The van der Waals surface area contributed by atoms with E-state index >= 15 is 0 Å². The van der Waals surface area contributed by atoms with Crippen molar-refractivity contribution in [3.8, 4) is 5.75 Å². The van der Waals surface area contributed by atoms with Crippen LogP contribution in [0.2, 0.25) is 0 Å². The second-order valence-electron chi connectivity index (χ2n) is 15.7. The summed E-state index contributed by atoms with van der Waals surface area (Å²) in [5, 5.41) is 13.7. The first kappa shape index (κ1) is 53.1. The van der Waals surface area contributed by atoms with Crippen molar-refractivity contribution in [2.24, 2.45) is 0 Å². The smallest absolute Gasteiger partial charge is 0.329 e. The minimum Gasteiger partial charge on any atom is -0.493 e. The van der Waals surface area contributed by atoms with Gasteiger partial charge in [0.25, 0.3) is 15.9 Å². The molecule has 3 rings (SSSR count). The van der Waals surface area contributed by atoms with Crippen molar-refractivity contribution in [1.29, 1.82) is 0 Å². The number of aromatic nitrogens is 2. The van der Waals surface area contributed by atoms with E-state index in [1.165, 1.54) is 49.4 Å². The van der Waals surface area contributed by atoms with E-state index in [4.69, 9.17) is 33.5 Å². The van der Waals surface area contributed by atoms with Crippen molar-refractivity contribution < 1.29 is 61.1 Å². The number of unbranched alkanes of at least 4 members (excludes halogenated alkanes) is 6. The molecule has 0 aliphatic heterocycles. The molecule has 0 saturated carbocycles. The van der Waals surface area contributed by atoms with Crippen molar-refractivity contribution in [3.63, 3.8) is 0 Å². The highest BCUT2D eigenvalue weighted by atomic mass is 32.2. The van der Waals surface area contributed by atoms with Crippen LogP contribution in [0.3, 0.4) is 0 Å². The number of carbonyl (C=O) groups excluding carboxylic acids is 3. The Hall–Kier alpha value is -5.21. The molecule has 0 aliphatic carbocycles. The van der Waals surface area contributed by atoms with Gasteiger partial charge in [-0.15, -0.1) is 0 Å². The van der Waals surface area contributed by atoms with Gasteiger partial charge in [0.15, 0.2) is 0 Å². The summed E-state index contributed by atoms with van der Waals surface area (Å²) in [6.45, 7) is 7.04. The summed E-state index contributed by atoms with van der Waals surface area (Å²) < 4.78 is 60.3. The molecule has 0 spiro atoms. The quantitative estimate of drug-likeness (QED) is 0.0460. The van der Waals surface area contributed by atoms with Gasteiger partial charge < -0.3 is 44.2 Å². The van der Waals surface area contributed by atoms with Crippen LogP contribution in [-0.2, 0) is 60.9 Å². The minimum atomic E-state index is -3.97. The largest absolute Gasteiger partial charge is 0.493 e. The lowest BCUT2D eigenvalue weighted by Crippen LogP contribution is -2.31.